The molecule has 134 valence electrons. The van der Waals surface area contributed by atoms with E-state index in [9.17, 15) is 4.39 Å². The van der Waals surface area contributed by atoms with E-state index in [1.807, 2.05) is 24.3 Å². The van der Waals surface area contributed by atoms with Crippen LogP contribution in [0, 0.1) is 5.82 Å². The van der Waals surface area contributed by atoms with Gasteiger partial charge in [-0.05, 0) is 48.0 Å². The van der Waals surface area contributed by atoms with Crippen molar-refractivity contribution < 1.29 is 9.13 Å². The summed E-state index contributed by atoms with van der Waals surface area (Å²) < 4.78 is 18.8. The number of anilines is 1. The van der Waals surface area contributed by atoms with Crippen LogP contribution in [0.2, 0.25) is 15.1 Å². The molecule has 0 saturated heterocycles. The minimum absolute atomic E-state index is 0.273. The van der Waals surface area contributed by atoms with Gasteiger partial charge in [-0.25, -0.2) is 4.39 Å². The molecule has 6 heteroatoms. The maximum atomic E-state index is 13.1. The Hall–Kier alpha value is -1.94. The van der Waals surface area contributed by atoms with E-state index in [-0.39, 0.29) is 12.4 Å². The van der Waals surface area contributed by atoms with E-state index in [1.54, 1.807) is 24.3 Å². The average molecular weight is 411 g/mol. The van der Waals surface area contributed by atoms with Gasteiger partial charge in [0, 0.05) is 17.1 Å². The largest absolute Gasteiger partial charge is 0.489 e. The smallest absolute Gasteiger partial charge is 0.124 e. The standard InChI is InChI=1S/C20H15Cl3FNO/c21-15-4-8-18(22)20(9-15)25-11-13-1-6-17(7-2-13)26-12-14-3-5-16(24)10-19(14)23/h1-10,25H,11-12H2. The Balaban J connectivity index is 1.57. The van der Waals surface area contributed by atoms with Crippen molar-refractivity contribution in [2.75, 3.05) is 5.32 Å². The molecule has 0 aliphatic rings. The maximum absolute atomic E-state index is 13.1. The first kappa shape index (κ1) is 18.8. The molecule has 3 aromatic carbocycles. The molecule has 0 heterocycles. The molecule has 2 nitrogen and oxygen atoms in total. The van der Waals surface area contributed by atoms with Crippen molar-refractivity contribution >= 4 is 40.5 Å². The van der Waals surface area contributed by atoms with Gasteiger partial charge in [-0.2, -0.15) is 0 Å². The van der Waals surface area contributed by atoms with Gasteiger partial charge in [-0.15, -0.1) is 0 Å². The van der Waals surface area contributed by atoms with Gasteiger partial charge in [0.25, 0.3) is 0 Å². The summed E-state index contributed by atoms with van der Waals surface area (Å²) in [6.07, 6.45) is 0. The first-order chi connectivity index (χ1) is 12.5. The maximum Gasteiger partial charge on any atom is 0.124 e. The molecule has 0 aromatic heterocycles. The third kappa shape index (κ3) is 5.04. The van der Waals surface area contributed by atoms with Gasteiger partial charge in [-0.3, -0.25) is 0 Å². The second-order valence-electron chi connectivity index (χ2n) is 5.65. The van der Waals surface area contributed by atoms with Crippen LogP contribution in [-0.4, -0.2) is 0 Å². The van der Waals surface area contributed by atoms with Gasteiger partial charge >= 0.3 is 0 Å². The number of hydrogen-bond donors (Lipinski definition) is 1. The van der Waals surface area contributed by atoms with Gasteiger partial charge < -0.3 is 10.1 Å². The summed E-state index contributed by atoms with van der Waals surface area (Å²) in [6, 6.07) is 17.2. The van der Waals surface area contributed by atoms with Crippen molar-refractivity contribution in [1.29, 1.82) is 0 Å². The second-order valence-corrected chi connectivity index (χ2v) is 6.90. The highest BCUT2D eigenvalue weighted by molar-refractivity contribution is 6.35. The predicted octanol–water partition coefficient (Wildman–Crippen LogP) is 6.98. The molecule has 0 atom stereocenters. The topological polar surface area (TPSA) is 21.3 Å². The third-order valence-electron chi connectivity index (χ3n) is 3.74. The Bertz CT molecular complexity index is 900. The van der Waals surface area contributed by atoms with Crippen molar-refractivity contribution in [3.05, 3.63) is 92.7 Å². The highest BCUT2D eigenvalue weighted by atomic mass is 35.5. The van der Waals surface area contributed by atoms with E-state index >= 15 is 0 Å². The molecule has 0 radical (unpaired) electrons. The number of rotatable bonds is 6. The highest BCUT2D eigenvalue weighted by Gasteiger charge is 2.04. The summed E-state index contributed by atoms with van der Waals surface area (Å²) in [5.74, 6) is 0.338. The molecule has 0 bridgehead atoms. The minimum atomic E-state index is -0.365. The van der Waals surface area contributed by atoms with Crippen LogP contribution < -0.4 is 10.1 Å². The number of benzene rings is 3. The van der Waals surface area contributed by atoms with Gasteiger partial charge in [0.15, 0.2) is 0 Å². The first-order valence-electron chi connectivity index (χ1n) is 7.86. The summed E-state index contributed by atoms with van der Waals surface area (Å²) in [6.45, 7) is 0.874. The zero-order valence-electron chi connectivity index (χ0n) is 13.6. The molecule has 0 saturated carbocycles. The summed E-state index contributed by atoms with van der Waals surface area (Å²) in [4.78, 5) is 0. The number of halogens is 4. The molecule has 3 rings (SSSR count). The normalized spacial score (nSPS) is 10.6. The molecule has 0 spiro atoms. The van der Waals surface area contributed by atoms with Gasteiger partial charge in [0.2, 0.25) is 0 Å². The SMILES string of the molecule is Fc1ccc(COc2ccc(CNc3cc(Cl)ccc3Cl)cc2)c(Cl)c1. The van der Waals surface area contributed by atoms with Crippen LogP contribution in [0.4, 0.5) is 10.1 Å². The fraction of sp³-hybridized carbons (Fsp3) is 0.100. The zero-order chi connectivity index (χ0) is 18.5. The lowest BCUT2D eigenvalue weighted by atomic mass is 10.2. The van der Waals surface area contributed by atoms with E-state index in [0.717, 1.165) is 16.8 Å². The molecular formula is C20H15Cl3FNO. The van der Waals surface area contributed by atoms with E-state index in [4.69, 9.17) is 39.5 Å². The Kier molecular flexibility index (Phi) is 6.25. The van der Waals surface area contributed by atoms with E-state index in [0.29, 0.717) is 27.4 Å². The summed E-state index contributed by atoms with van der Waals surface area (Å²) in [5.41, 5.74) is 2.58. The number of hydrogen-bond acceptors (Lipinski definition) is 2. The monoisotopic (exact) mass is 409 g/mol. The third-order valence-corrected chi connectivity index (χ3v) is 4.66. The van der Waals surface area contributed by atoms with E-state index < -0.39 is 0 Å². The highest BCUT2D eigenvalue weighted by Crippen LogP contribution is 2.26. The van der Waals surface area contributed by atoms with E-state index in [1.165, 1.54) is 12.1 Å². The average Bonchev–Trinajstić information content (AvgIpc) is 2.63. The molecule has 1 N–H and O–H groups in total. The lowest BCUT2D eigenvalue weighted by Gasteiger charge is -2.11. The fourth-order valence-electron chi connectivity index (χ4n) is 2.33. The van der Waals surface area contributed by atoms with Crippen molar-refractivity contribution in [2.24, 2.45) is 0 Å². The van der Waals surface area contributed by atoms with Gasteiger partial charge in [0.05, 0.1) is 15.7 Å². The molecule has 26 heavy (non-hydrogen) atoms. The van der Waals surface area contributed by atoms with Crippen LogP contribution in [0.1, 0.15) is 11.1 Å². The van der Waals surface area contributed by atoms with Gasteiger partial charge in [0.1, 0.15) is 18.2 Å². The lowest BCUT2D eigenvalue weighted by molar-refractivity contribution is 0.306. The summed E-state index contributed by atoms with van der Waals surface area (Å²) in [5, 5.41) is 4.84. The van der Waals surface area contributed by atoms with Crippen LogP contribution in [0.3, 0.4) is 0 Å². The van der Waals surface area contributed by atoms with Crippen LogP contribution in [0.15, 0.2) is 60.7 Å². The van der Waals surface area contributed by atoms with Crippen molar-refractivity contribution in [1.82, 2.24) is 0 Å². The Morgan fingerprint density at radius 3 is 2.35 bits per heavy atom. The first-order valence-corrected chi connectivity index (χ1v) is 8.99. The Morgan fingerprint density at radius 2 is 1.62 bits per heavy atom. The molecule has 0 fully saturated rings. The molecule has 0 amide bonds. The number of nitrogens with one attached hydrogen (secondary N) is 1. The minimum Gasteiger partial charge on any atom is -0.489 e. The fourth-order valence-corrected chi connectivity index (χ4v) is 2.91. The quantitative estimate of drug-likeness (QED) is 0.473. The number of ether oxygens (including phenoxy) is 1. The van der Waals surface area contributed by atoms with Crippen LogP contribution in [0.5, 0.6) is 5.75 Å². The van der Waals surface area contributed by atoms with Crippen molar-refractivity contribution in [3.8, 4) is 5.75 Å². The molecule has 0 aliphatic carbocycles. The Morgan fingerprint density at radius 1 is 0.846 bits per heavy atom. The van der Waals surface area contributed by atoms with Gasteiger partial charge in [-0.1, -0.05) is 53.0 Å². The summed E-state index contributed by atoms with van der Waals surface area (Å²) >= 11 is 18.1. The molecule has 3 aromatic rings. The van der Waals surface area contributed by atoms with Crippen LogP contribution in [-0.2, 0) is 13.2 Å². The van der Waals surface area contributed by atoms with Crippen LogP contribution >= 0.6 is 34.8 Å². The second kappa shape index (κ2) is 8.63. The molecule has 0 aliphatic heterocycles. The Labute approximate surface area is 166 Å². The summed E-state index contributed by atoms with van der Waals surface area (Å²) in [7, 11) is 0. The predicted molar refractivity (Wildman–Crippen MR) is 106 cm³/mol. The van der Waals surface area contributed by atoms with Crippen molar-refractivity contribution in [3.63, 3.8) is 0 Å². The zero-order valence-corrected chi connectivity index (χ0v) is 15.9. The molecular weight excluding hydrogens is 396 g/mol. The molecule has 0 unspecified atom stereocenters. The lowest BCUT2D eigenvalue weighted by Crippen LogP contribution is -2.00. The van der Waals surface area contributed by atoms with Crippen LogP contribution in [0.25, 0.3) is 0 Å². The van der Waals surface area contributed by atoms with E-state index in [2.05, 4.69) is 5.32 Å². The van der Waals surface area contributed by atoms with Crippen molar-refractivity contribution in [2.45, 2.75) is 13.2 Å².